The fourth-order valence-electron chi connectivity index (χ4n) is 2.15. The van der Waals surface area contributed by atoms with Gasteiger partial charge in [0.15, 0.2) is 0 Å². The summed E-state index contributed by atoms with van der Waals surface area (Å²) in [7, 11) is 0. The number of hydrogen-bond donors (Lipinski definition) is 1. The maximum Gasteiger partial charge on any atom is 0.349 e. The van der Waals surface area contributed by atoms with E-state index in [1.54, 1.807) is 24.3 Å². The molecule has 2 aromatic carbocycles. The summed E-state index contributed by atoms with van der Waals surface area (Å²) < 4.78 is 5.09. The quantitative estimate of drug-likeness (QED) is 0.444. The molecule has 3 rings (SSSR count). The average Bonchev–Trinajstić information content (AvgIpc) is 2.55. The Morgan fingerprint density at radius 2 is 1.92 bits per heavy atom. The third-order valence-corrected chi connectivity index (χ3v) is 3.61. The van der Waals surface area contributed by atoms with Crippen molar-refractivity contribution in [2.24, 2.45) is 0 Å². The van der Waals surface area contributed by atoms with Crippen molar-refractivity contribution in [3.63, 3.8) is 0 Å². The highest BCUT2D eigenvalue weighted by atomic mass is 35.5. The van der Waals surface area contributed by atoms with Gasteiger partial charge < -0.3 is 9.73 Å². The SMILES string of the molecule is O=C(Nc1ccc(Cl)c([N+](=O)[O-])c1)c1cc2ccccc2oc1=O. The number of nitro benzene ring substituents is 1. The van der Waals surface area contributed by atoms with Crippen LogP contribution in [0.25, 0.3) is 11.0 Å². The number of carbonyl (C=O) groups is 1. The Bertz CT molecular complexity index is 1030. The van der Waals surface area contributed by atoms with E-state index in [0.717, 1.165) is 6.07 Å². The zero-order chi connectivity index (χ0) is 17.3. The number of hydrogen-bond acceptors (Lipinski definition) is 5. The number of para-hydroxylation sites is 1. The molecule has 120 valence electrons. The summed E-state index contributed by atoms with van der Waals surface area (Å²) in [5.74, 6) is -0.730. The van der Waals surface area contributed by atoms with E-state index in [2.05, 4.69) is 5.32 Å². The molecule has 0 bridgehead atoms. The molecule has 0 aliphatic rings. The van der Waals surface area contributed by atoms with E-state index in [1.807, 2.05) is 0 Å². The van der Waals surface area contributed by atoms with Crippen molar-refractivity contribution in [3.8, 4) is 0 Å². The van der Waals surface area contributed by atoms with E-state index < -0.39 is 16.5 Å². The first-order valence-corrected chi connectivity index (χ1v) is 7.11. The van der Waals surface area contributed by atoms with Gasteiger partial charge >= 0.3 is 5.63 Å². The van der Waals surface area contributed by atoms with Crippen molar-refractivity contribution < 1.29 is 14.1 Å². The molecule has 0 saturated heterocycles. The smallest absolute Gasteiger partial charge is 0.349 e. The lowest BCUT2D eigenvalue weighted by atomic mass is 10.1. The van der Waals surface area contributed by atoms with Crippen molar-refractivity contribution in [2.75, 3.05) is 5.32 Å². The van der Waals surface area contributed by atoms with Crippen LogP contribution in [0.1, 0.15) is 10.4 Å². The number of amides is 1. The number of anilines is 1. The van der Waals surface area contributed by atoms with Crippen LogP contribution in [0.4, 0.5) is 11.4 Å². The van der Waals surface area contributed by atoms with Gasteiger partial charge in [0.05, 0.1) is 4.92 Å². The van der Waals surface area contributed by atoms with Crippen molar-refractivity contribution in [3.05, 3.63) is 79.7 Å². The van der Waals surface area contributed by atoms with Crippen LogP contribution in [0.3, 0.4) is 0 Å². The summed E-state index contributed by atoms with van der Waals surface area (Å²) in [4.78, 5) is 34.4. The molecule has 3 aromatic rings. The van der Waals surface area contributed by atoms with Gasteiger partial charge in [-0.3, -0.25) is 14.9 Å². The number of halogens is 1. The lowest BCUT2D eigenvalue weighted by molar-refractivity contribution is -0.384. The van der Waals surface area contributed by atoms with Gasteiger partial charge in [0.1, 0.15) is 16.2 Å². The van der Waals surface area contributed by atoms with Crippen LogP contribution < -0.4 is 10.9 Å². The number of nitrogens with one attached hydrogen (secondary N) is 1. The number of nitrogens with zero attached hydrogens (tertiary/aromatic N) is 1. The first kappa shape index (κ1) is 15.7. The van der Waals surface area contributed by atoms with Crippen LogP contribution >= 0.6 is 11.6 Å². The van der Waals surface area contributed by atoms with Crippen LogP contribution in [0.2, 0.25) is 5.02 Å². The number of carbonyl (C=O) groups excluding carboxylic acids is 1. The number of fused-ring (bicyclic) bond motifs is 1. The predicted octanol–water partition coefficient (Wildman–Crippen LogP) is 3.61. The van der Waals surface area contributed by atoms with Gasteiger partial charge in [-0.1, -0.05) is 29.8 Å². The maximum absolute atomic E-state index is 12.3. The minimum Gasteiger partial charge on any atom is -0.422 e. The van der Waals surface area contributed by atoms with E-state index >= 15 is 0 Å². The minimum absolute atomic E-state index is 0.0526. The Labute approximate surface area is 139 Å². The molecule has 0 spiro atoms. The van der Waals surface area contributed by atoms with Crippen molar-refractivity contribution in [2.45, 2.75) is 0 Å². The maximum atomic E-state index is 12.3. The summed E-state index contributed by atoms with van der Waals surface area (Å²) in [5.41, 5.74) is -0.842. The van der Waals surface area contributed by atoms with Crippen molar-refractivity contribution in [1.29, 1.82) is 0 Å². The van der Waals surface area contributed by atoms with Crippen LogP contribution in [0, 0.1) is 10.1 Å². The lowest BCUT2D eigenvalue weighted by Crippen LogP contribution is -2.20. The molecule has 1 aromatic heterocycles. The Morgan fingerprint density at radius 1 is 1.17 bits per heavy atom. The summed E-state index contributed by atoms with van der Waals surface area (Å²) in [6.45, 7) is 0. The van der Waals surface area contributed by atoms with Crippen molar-refractivity contribution in [1.82, 2.24) is 0 Å². The highest BCUT2D eigenvalue weighted by molar-refractivity contribution is 6.32. The van der Waals surface area contributed by atoms with E-state index in [0.29, 0.717) is 11.0 Å². The first-order valence-electron chi connectivity index (χ1n) is 6.74. The van der Waals surface area contributed by atoms with Gasteiger partial charge in [-0.15, -0.1) is 0 Å². The second-order valence-electron chi connectivity index (χ2n) is 4.86. The third kappa shape index (κ3) is 2.97. The molecule has 0 radical (unpaired) electrons. The average molecular weight is 345 g/mol. The predicted molar refractivity (Wildman–Crippen MR) is 88.5 cm³/mol. The zero-order valence-electron chi connectivity index (χ0n) is 12.0. The second-order valence-corrected chi connectivity index (χ2v) is 5.27. The van der Waals surface area contributed by atoms with E-state index in [9.17, 15) is 19.7 Å². The Hall–Kier alpha value is -3.19. The third-order valence-electron chi connectivity index (χ3n) is 3.29. The van der Waals surface area contributed by atoms with Gasteiger partial charge in [0.25, 0.3) is 11.6 Å². The molecule has 1 heterocycles. The minimum atomic E-state index is -0.797. The molecule has 0 aliphatic heterocycles. The lowest BCUT2D eigenvalue weighted by Gasteiger charge is -2.06. The van der Waals surface area contributed by atoms with Gasteiger partial charge in [-0.25, -0.2) is 4.79 Å². The number of nitro groups is 1. The van der Waals surface area contributed by atoms with E-state index in [4.69, 9.17) is 16.0 Å². The van der Waals surface area contributed by atoms with Gasteiger partial charge in [0.2, 0.25) is 0 Å². The zero-order valence-corrected chi connectivity index (χ0v) is 12.7. The molecule has 7 nitrogen and oxygen atoms in total. The molecular weight excluding hydrogens is 336 g/mol. The monoisotopic (exact) mass is 344 g/mol. The fraction of sp³-hybridized carbons (Fsp3) is 0. The summed E-state index contributed by atoms with van der Waals surface area (Å²) in [6.07, 6.45) is 0. The summed E-state index contributed by atoms with van der Waals surface area (Å²) >= 11 is 5.72. The Balaban J connectivity index is 1.96. The molecule has 0 unspecified atom stereocenters. The fourth-order valence-corrected chi connectivity index (χ4v) is 2.34. The highest BCUT2D eigenvalue weighted by Crippen LogP contribution is 2.27. The molecule has 0 aliphatic carbocycles. The molecule has 24 heavy (non-hydrogen) atoms. The highest BCUT2D eigenvalue weighted by Gasteiger charge is 2.17. The molecule has 8 heteroatoms. The van der Waals surface area contributed by atoms with Gasteiger partial charge in [-0.2, -0.15) is 0 Å². The van der Waals surface area contributed by atoms with Crippen LogP contribution in [-0.4, -0.2) is 10.8 Å². The molecular formula is C16H9ClN2O5. The number of benzene rings is 2. The molecule has 1 N–H and O–H groups in total. The summed E-state index contributed by atoms with van der Waals surface area (Å²) in [6, 6.07) is 12.0. The molecule has 0 atom stereocenters. The molecule has 0 saturated carbocycles. The van der Waals surface area contributed by atoms with Gasteiger partial charge in [-0.05, 0) is 24.3 Å². The van der Waals surface area contributed by atoms with Gasteiger partial charge in [0, 0.05) is 17.1 Å². The van der Waals surface area contributed by atoms with Crippen LogP contribution in [-0.2, 0) is 0 Å². The Morgan fingerprint density at radius 3 is 2.67 bits per heavy atom. The van der Waals surface area contributed by atoms with Crippen LogP contribution in [0.15, 0.2) is 57.7 Å². The Kier molecular flexibility index (Phi) is 4.01. The topological polar surface area (TPSA) is 102 Å². The van der Waals surface area contributed by atoms with Crippen LogP contribution in [0.5, 0.6) is 0 Å². The molecule has 1 amide bonds. The normalized spacial score (nSPS) is 10.5. The van der Waals surface area contributed by atoms with E-state index in [1.165, 1.54) is 18.2 Å². The second kappa shape index (κ2) is 6.13. The largest absolute Gasteiger partial charge is 0.422 e. The van der Waals surface area contributed by atoms with Crippen molar-refractivity contribution >= 4 is 39.9 Å². The van der Waals surface area contributed by atoms with E-state index in [-0.39, 0.29) is 22.0 Å². The first-order chi connectivity index (χ1) is 11.5. The summed E-state index contributed by atoms with van der Waals surface area (Å²) in [5, 5.41) is 13.8. The standard InChI is InChI=1S/C16H9ClN2O5/c17-12-6-5-10(8-13(12)19(22)23)18-15(20)11-7-9-3-1-2-4-14(9)24-16(11)21/h1-8H,(H,18,20). The number of rotatable bonds is 3. The molecule has 0 fully saturated rings.